The summed E-state index contributed by atoms with van der Waals surface area (Å²) in [6.07, 6.45) is 5.80. The van der Waals surface area contributed by atoms with E-state index in [0.29, 0.717) is 29.2 Å². The summed E-state index contributed by atoms with van der Waals surface area (Å²) in [6.45, 7) is 4.78. The van der Waals surface area contributed by atoms with Gasteiger partial charge in [-0.15, -0.1) is 11.3 Å². The van der Waals surface area contributed by atoms with Gasteiger partial charge in [0.15, 0.2) is 16.6 Å². The molecule has 8 nitrogen and oxygen atoms in total. The first-order chi connectivity index (χ1) is 15.1. The number of nitrogens with zero attached hydrogens (tertiary/aromatic N) is 3. The number of aromatic nitrogens is 1. The van der Waals surface area contributed by atoms with E-state index < -0.39 is 5.92 Å². The van der Waals surface area contributed by atoms with E-state index in [1.165, 1.54) is 30.6 Å². The second-order valence-electron chi connectivity index (χ2n) is 8.38. The summed E-state index contributed by atoms with van der Waals surface area (Å²) in [5, 5.41) is 3.51. The van der Waals surface area contributed by atoms with E-state index in [4.69, 9.17) is 9.47 Å². The van der Waals surface area contributed by atoms with Crippen LogP contribution in [-0.4, -0.2) is 47.6 Å². The molecule has 5 rings (SSSR count). The number of amides is 2. The molecule has 31 heavy (non-hydrogen) atoms. The van der Waals surface area contributed by atoms with Gasteiger partial charge in [-0.2, -0.15) is 0 Å². The van der Waals surface area contributed by atoms with Crippen LogP contribution >= 0.6 is 11.3 Å². The molecule has 0 spiro atoms. The highest BCUT2D eigenvalue weighted by atomic mass is 32.1. The van der Waals surface area contributed by atoms with Crippen molar-refractivity contribution in [1.29, 1.82) is 0 Å². The second-order valence-corrected chi connectivity index (χ2v) is 9.49. The quantitative estimate of drug-likeness (QED) is 0.765. The number of anilines is 2. The third kappa shape index (κ3) is 4.24. The maximum Gasteiger partial charge on any atom is 0.231 e. The molecule has 0 saturated carbocycles. The summed E-state index contributed by atoms with van der Waals surface area (Å²) in [4.78, 5) is 35.0. The number of carbonyl (C=O) groups is 2. The van der Waals surface area contributed by atoms with Crippen LogP contribution in [-0.2, 0) is 16.1 Å². The van der Waals surface area contributed by atoms with Gasteiger partial charge in [-0.25, -0.2) is 4.98 Å². The van der Waals surface area contributed by atoms with Crippen LogP contribution in [0, 0.1) is 5.92 Å². The predicted molar refractivity (Wildman–Crippen MR) is 117 cm³/mol. The number of nitrogens with one attached hydrogen (secondary N) is 1. The zero-order valence-corrected chi connectivity index (χ0v) is 18.3. The van der Waals surface area contributed by atoms with Crippen molar-refractivity contribution in [3.05, 3.63) is 29.3 Å². The van der Waals surface area contributed by atoms with Gasteiger partial charge in [0.25, 0.3) is 0 Å². The number of likely N-dealkylation sites (tertiary alicyclic amines) is 1. The molecule has 3 aliphatic heterocycles. The highest BCUT2D eigenvalue weighted by Crippen LogP contribution is 2.37. The number of hydrogen-bond donors (Lipinski definition) is 1. The van der Waals surface area contributed by atoms with Gasteiger partial charge < -0.3 is 19.7 Å². The van der Waals surface area contributed by atoms with Crippen LogP contribution in [0.15, 0.2) is 24.4 Å². The van der Waals surface area contributed by atoms with E-state index in [2.05, 4.69) is 22.1 Å². The van der Waals surface area contributed by atoms with Crippen molar-refractivity contribution in [2.24, 2.45) is 5.92 Å². The van der Waals surface area contributed by atoms with E-state index >= 15 is 0 Å². The lowest BCUT2D eigenvalue weighted by Gasteiger charge is -2.32. The zero-order chi connectivity index (χ0) is 21.4. The molecule has 2 unspecified atom stereocenters. The van der Waals surface area contributed by atoms with Gasteiger partial charge in [0, 0.05) is 48.4 Å². The molecule has 2 atom stereocenters. The van der Waals surface area contributed by atoms with E-state index in [1.54, 1.807) is 17.0 Å². The van der Waals surface area contributed by atoms with Crippen LogP contribution in [0.1, 0.15) is 37.5 Å². The minimum Gasteiger partial charge on any atom is -0.454 e. The predicted octanol–water partition coefficient (Wildman–Crippen LogP) is 3.24. The molecule has 164 valence electrons. The molecular formula is C22H26N4O4S. The zero-order valence-electron chi connectivity index (χ0n) is 17.5. The summed E-state index contributed by atoms with van der Waals surface area (Å²) in [5.41, 5.74) is 0.719. The van der Waals surface area contributed by atoms with E-state index in [9.17, 15) is 9.59 Å². The monoisotopic (exact) mass is 442 g/mol. The molecule has 0 aliphatic carbocycles. The molecule has 1 aromatic carbocycles. The van der Waals surface area contributed by atoms with Crippen molar-refractivity contribution in [1.82, 2.24) is 9.88 Å². The summed E-state index contributed by atoms with van der Waals surface area (Å²) in [6, 6.07) is 5.98. The van der Waals surface area contributed by atoms with Crippen LogP contribution in [0.5, 0.6) is 11.5 Å². The smallest absolute Gasteiger partial charge is 0.231 e. The second kappa shape index (κ2) is 8.47. The van der Waals surface area contributed by atoms with E-state index in [-0.39, 0.29) is 25.0 Å². The van der Waals surface area contributed by atoms with E-state index in [1.807, 2.05) is 12.3 Å². The molecule has 9 heteroatoms. The molecule has 0 bridgehead atoms. The Bertz CT molecular complexity index is 994. The van der Waals surface area contributed by atoms with Crippen LogP contribution in [0.25, 0.3) is 0 Å². The molecule has 1 N–H and O–H groups in total. The summed E-state index contributed by atoms with van der Waals surface area (Å²) in [5.74, 6) is 0.647. The van der Waals surface area contributed by atoms with Crippen molar-refractivity contribution >= 4 is 34.0 Å². The molecule has 2 saturated heterocycles. The van der Waals surface area contributed by atoms with Gasteiger partial charge in [0.05, 0.1) is 5.92 Å². The number of thiazole rings is 1. The van der Waals surface area contributed by atoms with Crippen LogP contribution < -0.4 is 19.7 Å². The van der Waals surface area contributed by atoms with Crippen LogP contribution in [0.2, 0.25) is 0 Å². The first-order valence-corrected chi connectivity index (χ1v) is 11.6. The SMILES string of the molecule is CC1CCCCN1Cc1cnc(NC(=O)C2CC(=O)N(c3ccc4c(c3)OCO4)C2)s1. The maximum atomic E-state index is 12.8. The fourth-order valence-corrected chi connectivity index (χ4v) is 5.27. The Labute approximate surface area is 185 Å². The molecule has 4 heterocycles. The average molecular weight is 443 g/mol. The van der Waals surface area contributed by atoms with Gasteiger partial charge in [-0.3, -0.25) is 14.5 Å². The van der Waals surface area contributed by atoms with Gasteiger partial charge in [-0.05, 0) is 38.4 Å². The van der Waals surface area contributed by atoms with Crippen LogP contribution in [0.4, 0.5) is 10.8 Å². The van der Waals surface area contributed by atoms with Crippen molar-refractivity contribution in [3.8, 4) is 11.5 Å². The minimum absolute atomic E-state index is 0.0714. The summed E-state index contributed by atoms with van der Waals surface area (Å²) >= 11 is 1.51. The standard InChI is InChI=1S/C22H26N4O4S/c1-14-4-2-3-7-25(14)12-17-10-23-22(31-17)24-21(28)15-8-20(27)26(11-15)16-5-6-18-19(9-16)30-13-29-18/h5-6,9-10,14-15H,2-4,7-8,11-13H2,1H3,(H,23,24,28). The lowest BCUT2D eigenvalue weighted by atomic mass is 10.0. The Morgan fingerprint density at radius 2 is 2.16 bits per heavy atom. The number of rotatable bonds is 5. The number of carbonyl (C=O) groups excluding carboxylic acids is 2. The molecule has 2 amide bonds. The Balaban J connectivity index is 1.19. The molecule has 1 aromatic heterocycles. The largest absolute Gasteiger partial charge is 0.454 e. The average Bonchev–Trinajstić information content (AvgIpc) is 3.49. The fourth-order valence-electron chi connectivity index (χ4n) is 4.42. The highest BCUT2D eigenvalue weighted by molar-refractivity contribution is 7.15. The summed E-state index contributed by atoms with van der Waals surface area (Å²) in [7, 11) is 0. The maximum absolute atomic E-state index is 12.8. The van der Waals surface area contributed by atoms with Gasteiger partial charge in [-0.1, -0.05) is 6.42 Å². The number of piperidine rings is 1. The van der Waals surface area contributed by atoms with Crippen molar-refractivity contribution < 1.29 is 19.1 Å². The number of ether oxygens (including phenoxy) is 2. The van der Waals surface area contributed by atoms with Gasteiger partial charge >= 0.3 is 0 Å². The molecule has 2 aromatic rings. The lowest BCUT2D eigenvalue weighted by Crippen LogP contribution is -2.36. The third-order valence-electron chi connectivity index (χ3n) is 6.25. The van der Waals surface area contributed by atoms with Crippen molar-refractivity contribution in [2.75, 3.05) is 30.1 Å². The topological polar surface area (TPSA) is 84.0 Å². The first-order valence-electron chi connectivity index (χ1n) is 10.8. The number of benzene rings is 1. The molecular weight excluding hydrogens is 416 g/mol. The fraction of sp³-hybridized carbons (Fsp3) is 0.500. The lowest BCUT2D eigenvalue weighted by molar-refractivity contribution is -0.122. The molecule has 3 aliphatic rings. The Morgan fingerprint density at radius 1 is 1.29 bits per heavy atom. The minimum atomic E-state index is -0.410. The summed E-state index contributed by atoms with van der Waals surface area (Å²) < 4.78 is 10.7. The highest BCUT2D eigenvalue weighted by Gasteiger charge is 2.36. The Hall–Kier alpha value is -2.65. The molecule has 2 fully saturated rings. The first kappa shape index (κ1) is 20.3. The Morgan fingerprint density at radius 3 is 3.03 bits per heavy atom. The van der Waals surface area contributed by atoms with E-state index in [0.717, 1.165) is 23.7 Å². The van der Waals surface area contributed by atoms with Crippen molar-refractivity contribution in [2.45, 2.75) is 45.2 Å². The Kier molecular flexibility index (Phi) is 5.54. The van der Waals surface area contributed by atoms with Gasteiger partial charge in [0.1, 0.15) is 0 Å². The van der Waals surface area contributed by atoms with Crippen LogP contribution in [0.3, 0.4) is 0 Å². The third-order valence-corrected chi connectivity index (χ3v) is 7.14. The molecule has 0 radical (unpaired) electrons. The van der Waals surface area contributed by atoms with Crippen molar-refractivity contribution in [3.63, 3.8) is 0 Å². The van der Waals surface area contributed by atoms with Gasteiger partial charge in [0.2, 0.25) is 18.6 Å². The number of fused-ring (bicyclic) bond motifs is 1. The normalized spacial score (nSPS) is 23.4. The number of hydrogen-bond acceptors (Lipinski definition) is 7.